The van der Waals surface area contributed by atoms with Gasteiger partial charge in [-0.1, -0.05) is 36.0 Å². The van der Waals surface area contributed by atoms with Crippen LogP contribution in [0, 0.1) is 19.7 Å². The van der Waals surface area contributed by atoms with E-state index in [1.807, 2.05) is 44.2 Å². The van der Waals surface area contributed by atoms with Gasteiger partial charge in [-0.2, -0.15) is 0 Å². The van der Waals surface area contributed by atoms with Gasteiger partial charge in [0.1, 0.15) is 12.4 Å². The summed E-state index contributed by atoms with van der Waals surface area (Å²) >= 11 is 1.20. The average Bonchev–Trinajstić information content (AvgIpc) is 3.46. The maximum atomic E-state index is 13.1. The van der Waals surface area contributed by atoms with E-state index in [0.717, 1.165) is 23.4 Å². The lowest BCUT2D eigenvalue weighted by molar-refractivity contribution is 0.0686. The Hall–Kier alpha value is -3.59. The van der Waals surface area contributed by atoms with E-state index in [-0.39, 0.29) is 24.0 Å². The van der Waals surface area contributed by atoms with Gasteiger partial charge in [0.15, 0.2) is 17.3 Å². The number of carbonyl (C=O) groups excluding carboxylic acids is 1. The van der Waals surface area contributed by atoms with Crippen LogP contribution in [-0.4, -0.2) is 32.9 Å². The molecule has 0 radical (unpaired) electrons. The number of fused-ring (bicyclic) bond motifs is 1. The van der Waals surface area contributed by atoms with Crippen molar-refractivity contribution in [2.45, 2.75) is 38.1 Å². The van der Waals surface area contributed by atoms with Crippen molar-refractivity contribution >= 4 is 17.5 Å². The maximum Gasteiger partial charge on any atom is 0.277 e. The third kappa shape index (κ3) is 5.09. The lowest BCUT2D eigenvalue weighted by atomic mass is 10.1. The molecule has 1 aliphatic heterocycles. The second-order valence-corrected chi connectivity index (χ2v) is 9.22. The number of halogens is 1. The summed E-state index contributed by atoms with van der Waals surface area (Å²) in [7, 11) is 0. The first-order chi connectivity index (χ1) is 17.0. The third-order valence-electron chi connectivity index (χ3n) is 5.94. The fraction of sp³-hybridized carbons (Fsp3) is 0.269. The second-order valence-electron chi connectivity index (χ2n) is 8.30. The predicted molar refractivity (Wildman–Crippen MR) is 129 cm³/mol. The topological polar surface area (TPSA) is 79.4 Å². The van der Waals surface area contributed by atoms with Crippen molar-refractivity contribution < 1.29 is 23.1 Å². The Morgan fingerprint density at radius 2 is 1.89 bits per heavy atom. The van der Waals surface area contributed by atoms with Crippen molar-refractivity contribution in [2.75, 3.05) is 12.4 Å². The Kier molecular flexibility index (Phi) is 6.59. The Morgan fingerprint density at radius 3 is 2.69 bits per heavy atom. The van der Waals surface area contributed by atoms with Crippen LogP contribution in [0.4, 0.5) is 4.39 Å². The van der Waals surface area contributed by atoms with Crippen LogP contribution in [0.1, 0.15) is 39.3 Å². The molecular formula is C26H24FN3O4S. The van der Waals surface area contributed by atoms with Gasteiger partial charge >= 0.3 is 0 Å². The molecular weight excluding hydrogens is 469 g/mol. The van der Waals surface area contributed by atoms with Crippen molar-refractivity contribution in [1.82, 2.24) is 14.8 Å². The lowest BCUT2D eigenvalue weighted by Crippen LogP contribution is -2.21. The molecule has 0 amide bonds. The summed E-state index contributed by atoms with van der Waals surface area (Å²) in [4.78, 5) is 13.0. The number of para-hydroxylation sites is 2. The molecule has 2 aromatic carbocycles. The first-order valence-electron chi connectivity index (χ1n) is 11.3. The molecule has 0 fully saturated rings. The number of carbonyl (C=O) groups is 1. The number of hydrogen-bond acceptors (Lipinski definition) is 7. The molecule has 0 bridgehead atoms. The molecule has 35 heavy (non-hydrogen) atoms. The van der Waals surface area contributed by atoms with Crippen LogP contribution in [0.3, 0.4) is 0 Å². The molecule has 3 heterocycles. The van der Waals surface area contributed by atoms with Crippen molar-refractivity contribution in [3.8, 4) is 11.5 Å². The van der Waals surface area contributed by atoms with Gasteiger partial charge in [-0.3, -0.25) is 4.79 Å². The highest BCUT2D eigenvalue weighted by Gasteiger charge is 2.27. The number of aromatic nitrogens is 3. The molecule has 180 valence electrons. The van der Waals surface area contributed by atoms with Crippen LogP contribution in [0.5, 0.6) is 11.5 Å². The van der Waals surface area contributed by atoms with Crippen LogP contribution in [0.25, 0.3) is 0 Å². The molecule has 0 saturated carbocycles. The number of aryl methyl sites for hydroxylation is 2. The largest absolute Gasteiger partial charge is 0.485 e. The molecule has 1 atom stereocenters. The van der Waals surface area contributed by atoms with E-state index < -0.39 is 6.10 Å². The van der Waals surface area contributed by atoms with E-state index in [4.69, 9.17) is 13.9 Å². The van der Waals surface area contributed by atoms with E-state index >= 15 is 0 Å². The summed E-state index contributed by atoms with van der Waals surface area (Å²) in [5.41, 5.74) is 3.64. The monoisotopic (exact) mass is 493 g/mol. The highest BCUT2D eigenvalue weighted by atomic mass is 32.2. The Labute approximate surface area is 206 Å². The second kappa shape index (κ2) is 9.95. The molecule has 4 aromatic rings. The Balaban J connectivity index is 1.19. The number of benzene rings is 2. The molecule has 9 heteroatoms. The number of hydrogen-bond donors (Lipinski definition) is 0. The standard InChI is InChI=1S/C26H24FN3O4S/c1-16-13-20(17(2)30(16)12-11-18-7-9-19(27)10-8-18)21(31)15-35-26-29-28-25(34-26)24-14-32-22-5-3-4-6-23(22)33-24/h3-10,13,24H,11-12,14-15H2,1-2H3/t24-/m0/s1. The van der Waals surface area contributed by atoms with Crippen LogP contribution in [-0.2, 0) is 13.0 Å². The minimum Gasteiger partial charge on any atom is -0.485 e. The number of ether oxygens (including phenoxy) is 2. The smallest absolute Gasteiger partial charge is 0.277 e. The van der Waals surface area contributed by atoms with Crippen LogP contribution >= 0.6 is 11.8 Å². The van der Waals surface area contributed by atoms with E-state index in [1.165, 1.54) is 23.9 Å². The van der Waals surface area contributed by atoms with Crippen LogP contribution in [0.2, 0.25) is 0 Å². The third-order valence-corrected chi connectivity index (χ3v) is 6.76. The minimum atomic E-state index is -0.498. The fourth-order valence-corrected chi connectivity index (χ4v) is 4.73. The average molecular weight is 494 g/mol. The van der Waals surface area contributed by atoms with Gasteiger partial charge in [0.05, 0.1) is 5.75 Å². The summed E-state index contributed by atoms with van der Waals surface area (Å²) < 4.78 is 32.6. The zero-order valence-corrected chi connectivity index (χ0v) is 20.2. The van der Waals surface area contributed by atoms with Gasteiger partial charge in [0.2, 0.25) is 6.10 Å². The SMILES string of the molecule is Cc1cc(C(=O)CSc2nnc([C@@H]3COc4ccccc4O3)o2)c(C)n1CCc1ccc(F)cc1. The number of nitrogens with zero attached hydrogens (tertiary/aromatic N) is 3. The summed E-state index contributed by atoms with van der Waals surface area (Å²) in [5.74, 6) is 1.54. The van der Waals surface area contributed by atoms with Crippen LogP contribution < -0.4 is 9.47 Å². The van der Waals surface area contributed by atoms with Gasteiger partial charge in [0, 0.05) is 23.5 Å². The van der Waals surface area contributed by atoms with E-state index in [0.29, 0.717) is 34.7 Å². The minimum absolute atomic E-state index is 0.0120. The number of Topliss-reactive ketones (excluding diaryl/α,β-unsaturated/α-hetero) is 1. The van der Waals surface area contributed by atoms with Gasteiger partial charge in [-0.25, -0.2) is 4.39 Å². The number of thioether (sulfide) groups is 1. The van der Waals surface area contributed by atoms with Crippen molar-refractivity contribution in [1.29, 1.82) is 0 Å². The van der Waals surface area contributed by atoms with E-state index in [9.17, 15) is 9.18 Å². The Morgan fingerprint density at radius 1 is 1.11 bits per heavy atom. The fourth-order valence-electron chi connectivity index (χ4n) is 4.07. The van der Waals surface area contributed by atoms with Crippen molar-refractivity contribution in [3.05, 3.63) is 88.8 Å². The quantitative estimate of drug-likeness (QED) is 0.242. The summed E-state index contributed by atoms with van der Waals surface area (Å²) in [5, 5.41) is 8.44. The number of ketones is 1. The van der Waals surface area contributed by atoms with Gasteiger partial charge in [-0.05, 0) is 56.2 Å². The van der Waals surface area contributed by atoms with Crippen LogP contribution in [0.15, 0.2) is 64.2 Å². The molecule has 2 aromatic heterocycles. The van der Waals surface area contributed by atoms with Crippen molar-refractivity contribution in [3.63, 3.8) is 0 Å². The number of rotatable bonds is 8. The summed E-state index contributed by atoms with van der Waals surface area (Å²) in [6.07, 6.45) is 0.254. The molecule has 1 aliphatic rings. The molecule has 0 spiro atoms. The van der Waals surface area contributed by atoms with E-state index in [2.05, 4.69) is 14.8 Å². The first kappa shape index (κ1) is 23.2. The Bertz CT molecular complexity index is 1350. The molecule has 0 N–H and O–H groups in total. The summed E-state index contributed by atoms with van der Waals surface area (Å²) in [6.45, 7) is 4.91. The highest BCUT2D eigenvalue weighted by molar-refractivity contribution is 7.99. The molecule has 0 saturated heterocycles. The van der Waals surface area contributed by atoms with Crippen molar-refractivity contribution in [2.24, 2.45) is 0 Å². The molecule has 0 unspecified atom stereocenters. The van der Waals surface area contributed by atoms with E-state index in [1.54, 1.807) is 12.1 Å². The van der Waals surface area contributed by atoms with Gasteiger partial charge in [-0.15, -0.1) is 10.2 Å². The zero-order chi connectivity index (χ0) is 24.4. The molecule has 5 rings (SSSR count). The maximum absolute atomic E-state index is 13.1. The lowest BCUT2D eigenvalue weighted by Gasteiger charge is -2.23. The highest BCUT2D eigenvalue weighted by Crippen LogP contribution is 2.36. The summed E-state index contributed by atoms with van der Waals surface area (Å²) in [6, 6.07) is 15.8. The predicted octanol–water partition coefficient (Wildman–Crippen LogP) is 5.36. The zero-order valence-electron chi connectivity index (χ0n) is 19.4. The normalized spacial score (nSPS) is 14.8. The molecule has 0 aliphatic carbocycles. The van der Waals surface area contributed by atoms with Gasteiger partial charge in [0.25, 0.3) is 11.1 Å². The van der Waals surface area contributed by atoms with Gasteiger partial charge < -0.3 is 18.5 Å². The molecule has 7 nitrogen and oxygen atoms in total. The first-order valence-corrected chi connectivity index (χ1v) is 12.3.